The average molecular weight is 320 g/mol. The highest BCUT2D eigenvalue weighted by atomic mass is 19.1. The number of amides is 1. The Morgan fingerprint density at radius 1 is 1.39 bits per heavy atom. The van der Waals surface area contributed by atoms with E-state index in [1.54, 1.807) is 6.07 Å². The molecule has 2 fully saturated rings. The van der Waals surface area contributed by atoms with Crippen LogP contribution >= 0.6 is 0 Å². The van der Waals surface area contributed by atoms with E-state index < -0.39 is 0 Å². The van der Waals surface area contributed by atoms with Crippen LogP contribution in [0.3, 0.4) is 0 Å². The number of carbonyl (C=O) groups is 1. The van der Waals surface area contributed by atoms with Crippen molar-refractivity contribution in [1.29, 1.82) is 0 Å². The van der Waals surface area contributed by atoms with Gasteiger partial charge in [0.1, 0.15) is 5.82 Å². The Bertz CT molecular complexity index is 607. The number of fused-ring (bicyclic) bond motifs is 1. The Balaban J connectivity index is 1.83. The molecule has 0 radical (unpaired) electrons. The maximum Gasteiger partial charge on any atom is 0.254 e. The summed E-state index contributed by atoms with van der Waals surface area (Å²) in [5, 5.41) is 9.94. The fourth-order valence-corrected chi connectivity index (χ4v) is 4.20. The Morgan fingerprint density at radius 3 is 2.91 bits per heavy atom. The molecule has 1 amide bonds. The van der Waals surface area contributed by atoms with Crippen molar-refractivity contribution in [2.24, 2.45) is 5.41 Å². The van der Waals surface area contributed by atoms with Crippen LogP contribution in [0.15, 0.2) is 18.2 Å². The van der Waals surface area contributed by atoms with Crippen molar-refractivity contribution in [2.45, 2.75) is 32.2 Å². The van der Waals surface area contributed by atoms with Crippen molar-refractivity contribution in [2.75, 3.05) is 33.3 Å². The maximum atomic E-state index is 13.5. The number of nitrogens with zero attached hydrogens (tertiary/aromatic N) is 2. The van der Waals surface area contributed by atoms with Gasteiger partial charge in [-0.3, -0.25) is 4.79 Å². The summed E-state index contributed by atoms with van der Waals surface area (Å²) in [6.07, 6.45) is 2.91. The average Bonchev–Trinajstić information content (AvgIpc) is 2.56. The smallest absolute Gasteiger partial charge is 0.254 e. The van der Waals surface area contributed by atoms with Gasteiger partial charge in [0.05, 0.1) is 6.61 Å². The Hall–Kier alpha value is -1.46. The van der Waals surface area contributed by atoms with Gasteiger partial charge >= 0.3 is 0 Å². The van der Waals surface area contributed by atoms with Gasteiger partial charge < -0.3 is 14.9 Å². The number of aliphatic hydroxyl groups excluding tert-OH is 1. The third kappa shape index (κ3) is 2.88. The number of hydrogen-bond donors (Lipinski definition) is 1. The largest absolute Gasteiger partial charge is 0.396 e. The lowest BCUT2D eigenvalue weighted by Gasteiger charge is -2.53. The molecule has 4 nitrogen and oxygen atoms in total. The van der Waals surface area contributed by atoms with Crippen LogP contribution in [0.5, 0.6) is 0 Å². The van der Waals surface area contributed by atoms with E-state index in [0.717, 1.165) is 31.4 Å². The number of likely N-dealkylation sites (N-methyl/N-ethyl adjacent to an activating group) is 1. The summed E-state index contributed by atoms with van der Waals surface area (Å²) < 4.78 is 13.5. The van der Waals surface area contributed by atoms with Crippen LogP contribution in [-0.2, 0) is 0 Å². The molecule has 0 aromatic heterocycles. The molecule has 1 aromatic rings. The number of hydrogen-bond acceptors (Lipinski definition) is 3. The second-order valence-corrected chi connectivity index (χ2v) is 7.08. The van der Waals surface area contributed by atoms with Gasteiger partial charge in [-0.05, 0) is 57.5 Å². The van der Waals surface area contributed by atoms with Crippen LogP contribution in [0.25, 0.3) is 0 Å². The summed E-state index contributed by atoms with van der Waals surface area (Å²) in [6.45, 7) is 4.23. The van der Waals surface area contributed by atoms with E-state index in [2.05, 4.69) is 11.9 Å². The molecule has 23 heavy (non-hydrogen) atoms. The van der Waals surface area contributed by atoms with Crippen LogP contribution in [0.1, 0.15) is 35.2 Å². The summed E-state index contributed by atoms with van der Waals surface area (Å²) in [7, 11) is 2.07. The van der Waals surface area contributed by atoms with Crippen molar-refractivity contribution in [1.82, 2.24) is 9.80 Å². The monoisotopic (exact) mass is 320 g/mol. The first-order valence-corrected chi connectivity index (χ1v) is 8.33. The normalized spacial score (nSPS) is 28.5. The molecule has 3 rings (SSSR count). The van der Waals surface area contributed by atoms with Crippen molar-refractivity contribution in [3.05, 3.63) is 35.1 Å². The first-order chi connectivity index (χ1) is 11.0. The van der Waals surface area contributed by atoms with Gasteiger partial charge in [0.2, 0.25) is 0 Å². The molecule has 2 heterocycles. The number of rotatable bonds is 2. The van der Waals surface area contributed by atoms with Gasteiger partial charge in [0.25, 0.3) is 5.91 Å². The molecule has 0 spiro atoms. The molecule has 2 atom stereocenters. The Morgan fingerprint density at radius 2 is 2.17 bits per heavy atom. The standard InChI is InChI=1S/C18H25FN2O2/c1-13-4-5-14(19)10-15(13)17(23)21-9-7-18(12-22)6-3-8-20(2)16(18)11-21/h4-5,10,16,22H,3,6-9,11-12H2,1-2H3/t16-,18-/m1/s1. The van der Waals surface area contributed by atoms with E-state index in [1.807, 2.05) is 11.8 Å². The fourth-order valence-electron chi connectivity index (χ4n) is 4.20. The SMILES string of the molecule is Cc1ccc(F)cc1C(=O)N1CC[C@@]2(CO)CCCN(C)[C@@H]2C1. The minimum Gasteiger partial charge on any atom is -0.396 e. The van der Waals surface area contributed by atoms with Crippen LogP contribution < -0.4 is 0 Å². The number of piperidine rings is 2. The number of halogens is 1. The zero-order valence-corrected chi connectivity index (χ0v) is 13.9. The first-order valence-electron chi connectivity index (χ1n) is 8.33. The van der Waals surface area contributed by atoms with Gasteiger partial charge in [-0.1, -0.05) is 6.07 Å². The third-order valence-corrected chi connectivity index (χ3v) is 5.73. The van der Waals surface area contributed by atoms with E-state index >= 15 is 0 Å². The third-order valence-electron chi connectivity index (χ3n) is 5.73. The molecular weight excluding hydrogens is 295 g/mol. The zero-order valence-electron chi connectivity index (χ0n) is 13.9. The Kier molecular flexibility index (Phi) is 4.43. The molecule has 0 saturated carbocycles. The van der Waals surface area contributed by atoms with E-state index in [1.165, 1.54) is 12.1 Å². The molecule has 2 aliphatic rings. The number of likely N-dealkylation sites (tertiary alicyclic amines) is 2. The highest BCUT2D eigenvalue weighted by molar-refractivity contribution is 5.95. The second kappa shape index (κ2) is 6.21. The van der Waals surface area contributed by atoms with Crippen molar-refractivity contribution in [3.8, 4) is 0 Å². The topological polar surface area (TPSA) is 43.8 Å². The number of benzene rings is 1. The molecular formula is C18H25FN2O2. The van der Waals surface area contributed by atoms with Gasteiger partial charge in [-0.25, -0.2) is 4.39 Å². The quantitative estimate of drug-likeness (QED) is 0.907. The lowest BCUT2D eigenvalue weighted by molar-refractivity contribution is -0.0601. The summed E-state index contributed by atoms with van der Waals surface area (Å²) in [4.78, 5) is 16.9. The van der Waals surface area contributed by atoms with Gasteiger partial charge in [0, 0.05) is 30.1 Å². The van der Waals surface area contributed by atoms with Crippen molar-refractivity contribution >= 4 is 5.91 Å². The predicted octanol–water partition coefficient (Wildman–Crippen LogP) is 2.05. The highest BCUT2D eigenvalue weighted by Crippen LogP contribution is 2.41. The van der Waals surface area contributed by atoms with Gasteiger partial charge in [-0.15, -0.1) is 0 Å². The van der Waals surface area contributed by atoms with E-state index in [9.17, 15) is 14.3 Å². The van der Waals surface area contributed by atoms with Crippen molar-refractivity contribution in [3.63, 3.8) is 0 Å². The molecule has 126 valence electrons. The van der Waals surface area contributed by atoms with Crippen LogP contribution in [0, 0.1) is 18.2 Å². The summed E-state index contributed by atoms with van der Waals surface area (Å²) >= 11 is 0. The van der Waals surface area contributed by atoms with E-state index in [0.29, 0.717) is 18.7 Å². The minimum absolute atomic E-state index is 0.0965. The lowest BCUT2D eigenvalue weighted by Crippen LogP contribution is -2.62. The molecule has 0 bridgehead atoms. The van der Waals surface area contributed by atoms with Crippen molar-refractivity contribution < 1.29 is 14.3 Å². The lowest BCUT2D eigenvalue weighted by atomic mass is 9.69. The minimum atomic E-state index is -0.379. The Labute approximate surface area is 136 Å². The van der Waals surface area contributed by atoms with E-state index in [-0.39, 0.29) is 29.8 Å². The molecule has 2 aliphatic heterocycles. The molecule has 5 heteroatoms. The highest BCUT2D eigenvalue weighted by Gasteiger charge is 2.47. The molecule has 1 N–H and O–H groups in total. The molecule has 1 aromatic carbocycles. The van der Waals surface area contributed by atoms with Gasteiger partial charge in [0.15, 0.2) is 0 Å². The first kappa shape index (κ1) is 16.4. The fraction of sp³-hybridized carbons (Fsp3) is 0.611. The summed E-state index contributed by atoms with van der Waals surface area (Å²) in [5.41, 5.74) is 1.15. The summed E-state index contributed by atoms with van der Waals surface area (Å²) in [5.74, 6) is -0.483. The summed E-state index contributed by atoms with van der Waals surface area (Å²) in [6, 6.07) is 4.54. The van der Waals surface area contributed by atoms with Crippen LogP contribution in [-0.4, -0.2) is 60.1 Å². The van der Waals surface area contributed by atoms with Gasteiger partial charge in [-0.2, -0.15) is 0 Å². The second-order valence-electron chi connectivity index (χ2n) is 7.08. The molecule has 0 unspecified atom stereocenters. The molecule has 0 aliphatic carbocycles. The van der Waals surface area contributed by atoms with Crippen LogP contribution in [0.2, 0.25) is 0 Å². The predicted molar refractivity (Wildman–Crippen MR) is 86.8 cm³/mol. The number of aryl methyl sites for hydroxylation is 1. The molecule has 2 saturated heterocycles. The number of carbonyl (C=O) groups excluding carboxylic acids is 1. The van der Waals surface area contributed by atoms with Crippen LogP contribution in [0.4, 0.5) is 4.39 Å². The zero-order chi connectivity index (χ0) is 16.6. The number of aliphatic hydroxyl groups is 1. The van der Waals surface area contributed by atoms with E-state index in [4.69, 9.17) is 0 Å². The maximum absolute atomic E-state index is 13.5.